The van der Waals surface area contributed by atoms with Gasteiger partial charge in [-0.2, -0.15) is 0 Å². The molecule has 9 heteroatoms. The van der Waals surface area contributed by atoms with E-state index in [2.05, 4.69) is 43.7 Å². The van der Waals surface area contributed by atoms with E-state index in [9.17, 15) is 14.7 Å². The van der Waals surface area contributed by atoms with Crippen LogP contribution in [-0.4, -0.2) is 81.6 Å². The van der Waals surface area contributed by atoms with E-state index in [1.807, 2.05) is 13.1 Å². The minimum atomic E-state index is -0.663. The fraction of sp³-hybridized carbons (Fsp3) is 0.500. The van der Waals surface area contributed by atoms with Gasteiger partial charge < -0.3 is 20.6 Å². The first kappa shape index (κ1) is 23.1. The number of carbonyl (C=O) groups is 2. The van der Waals surface area contributed by atoms with Gasteiger partial charge in [-0.1, -0.05) is 24.3 Å². The van der Waals surface area contributed by atoms with E-state index < -0.39 is 6.10 Å². The van der Waals surface area contributed by atoms with Crippen molar-refractivity contribution in [3.05, 3.63) is 53.5 Å². The first-order chi connectivity index (χ1) is 15.9. The summed E-state index contributed by atoms with van der Waals surface area (Å²) < 4.78 is 0. The molecule has 1 saturated carbocycles. The molecule has 1 atom stereocenters. The lowest BCUT2D eigenvalue weighted by Crippen LogP contribution is -2.50. The third-order valence-corrected chi connectivity index (χ3v) is 6.59. The van der Waals surface area contributed by atoms with Gasteiger partial charge in [0.2, 0.25) is 5.91 Å². The fourth-order valence-electron chi connectivity index (χ4n) is 4.42. The van der Waals surface area contributed by atoms with Crippen molar-refractivity contribution in [1.82, 2.24) is 25.1 Å². The van der Waals surface area contributed by atoms with Crippen LogP contribution in [0.15, 0.2) is 36.7 Å². The van der Waals surface area contributed by atoms with Crippen LogP contribution in [0.2, 0.25) is 0 Å². The van der Waals surface area contributed by atoms with Gasteiger partial charge in [-0.25, -0.2) is 9.97 Å². The normalized spacial score (nSPS) is 20.8. The summed E-state index contributed by atoms with van der Waals surface area (Å²) in [7, 11) is 1.81. The monoisotopic (exact) mass is 452 g/mol. The second-order valence-electron chi connectivity index (χ2n) is 9.00. The Bertz CT molecular complexity index is 994. The van der Waals surface area contributed by atoms with Crippen molar-refractivity contribution in [2.45, 2.75) is 50.9 Å². The minimum Gasteiger partial charge on any atom is -0.390 e. The number of amides is 2. The van der Waals surface area contributed by atoms with Crippen molar-refractivity contribution < 1.29 is 14.7 Å². The Kier molecular flexibility index (Phi) is 7.20. The standard InChI is InChI=1S/C24H32N6O3/c1-16(31)29(2)20-9-19(10-20)28-23-11-22(26-15-27-23)24(33)25-12-21(32)14-30-8-7-17-5-3-4-6-18(17)13-30/h3-6,11,15,19-21,32H,7-10,12-14H2,1-2H3,(H,25,33)(H,26,27,28). The van der Waals surface area contributed by atoms with Crippen molar-refractivity contribution in [3.8, 4) is 0 Å². The third kappa shape index (κ3) is 5.85. The van der Waals surface area contributed by atoms with Crippen LogP contribution in [-0.2, 0) is 17.8 Å². The fourth-order valence-corrected chi connectivity index (χ4v) is 4.42. The number of fused-ring (bicyclic) bond motifs is 1. The zero-order valence-corrected chi connectivity index (χ0v) is 19.2. The van der Waals surface area contributed by atoms with Crippen LogP contribution in [0, 0.1) is 0 Å². The van der Waals surface area contributed by atoms with Crippen LogP contribution >= 0.6 is 0 Å². The lowest BCUT2D eigenvalue weighted by atomic mass is 9.85. The highest BCUT2D eigenvalue weighted by Gasteiger charge is 2.33. The van der Waals surface area contributed by atoms with Gasteiger partial charge in [-0.3, -0.25) is 14.5 Å². The Hall–Kier alpha value is -3.04. The van der Waals surface area contributed by atoms with Crippen molar-refractivity contribution >= 4 is 17.6 Å². The van der Waals surface area contributed by atoms with Crippen molar-refractivity contribution in [2.75, 3.05) is 32.0 Å². The maximum Gasteiger partial charge on any atom is 0.270 e. The highest BCUT2D eigenvalue weighted by Crippen LogP contribution is 2.27. The number of anilines is 1. The largest absolute Gasteiger partial charge is 0.390 e. The summed E-state index contributed by atoms with van der Waals surface area (Å²) in [6.45, 7) is 3.94. The Morgan fingerprint density at radius 1 is 1.24 bits per heavy atom. The molecule has 0 spiro atoms. The second-order valence-corrected chi connectivity index (χ2v) is 9.00. The van der Waals surface area contributed by atoms with Gasteiger partial charge in [-0.05, 0) is 30.4 Å². The zero-order valence-electron chi connectivity index (χ0n) is 19.2. The Morgan fingerprint density at radius 2 is 2.00 bits per heavy atom. The first-order valence-electron chi connectivity index (χ1n) is 11.5. The predicted octanol–water partition coefficient (Wildman–Crippen LogP) is 1.05. The molecule has 1 aromatic carbocycles. The Morgan fingerprint density at radius 3 is 2.76 bits per heavy atom. The summed E-state index contributed by atoms with van der Waals surface area (Å²) in [5.41, 5.74) is 2.92. The summed E-state index contributed by atoms with van der Waals surface area (Å²) in [4.78, 5) is 36.2. The molecular formula is C24H32N6O3. The number of nitrogens with zero attached hydrogens (tertiary/aromatic N) is 4. The van der Waals surface area contributed by atoms with E-state index in [4.69, 9.17) is 0 Å². The van der Waals surface area contributed by atoms with Gasteiger partial charge >= 0.3 is 0 Å². The molecule has 1 fully saturated rings. The number of aliphatic hydroxyl groups excluding tert-OH is 1. The molecule has 0 radical (unpaired) electrons. The van der Waals surface area contributed by atoms with Crippen molar-refractivity contribution in [1.29, 1.82) is 0 Å². The number of nitrogens with one attached hydrogen (secondary N) is 2. The summed E-state index contributed by atoms with van der Waals surface area (Å²) in [6, 6.07) is 10.4. The van der Waals surface area contributed by atoms with E-state index in [0.717, 1.165) is 32.4 Å². The lowest BCUT2D eigenvalue weighted by Gasteiger charge is -2.41. The maximum atomic E-state index is 12.5. The van der Waals surface area contributed by atoms with Gasteiger partial charge in [0.1, 0.15) is 17.8 Å². The van der Waals surface area contributed by atoms with Gasteiger partial charge in [-0.15, -0.1) is 0 Å². The molecule has 33 heavy (non-hydrogen) atoms. The molecule has 2 amide bonds. The van der Waals surface area contributed by atoms with E-state index >= 15 is 0 Å². The molecule has 2 aliphatic rings. The molecule has 176 valence electrons. The summed E-state index contributed by atoms with van der Waals surface area (Å²) in [6.07, 6.45) is 3.35. The highest BCUT2D eigenvalue weighted by atomic mass is 16.3. The zero-order chi connectivity index (χ0) is 23.4. The van der Waals surface area contributed by atoms with Crippen LogP contribution in [0.25, 0.3) is 0 Å². The summed E-state index contributed by atoms with van der Waals surface area (Å²) in [5, 5.41) is 16.5. The van der Waals surface area contributed by atoms with Crippen LogP contribution in [0.5, 0.6) is 0 Å². The van der Waals surface area contributed by atoms with E-state index in [-0.39, 0.29) is 36.1 Å². The molecule has 1 aromatic heterocycles. The second kappa shape index (κ2) is 10.3. The molecular weight excluding hydrogens is 420 g/mol. The minimum absolute atomic E-state index is 0.0618. The molecule has 0 bridgehead atoms. The third-order valence-electron chi connectivity index (χ3n) is 6.59. The Labute approximate surface area is 194 Å². The summed E-state index contributed by atoms with van der Waals surface area (Å²) >= 11 is 0. The highest BCUT2D eigenvalue weighted by molar-refractivity contribution is 5.92. The average molecular weight is 453 g/mol. The number of β-amino-alcohol motifs (C(OH)–C–C–N with tert-alkyl or cyclic N) is 1. The molecule has 2 heterocycles. The van der Waals surface area contributed by atoms with Gasteiger partial charge in [0.15, 0.2) is 0 Å². The van der Waals surface area contributed by atoms with Crippen LogP contribution in [0.4, 0.5) is 5.82 Å². The molecule has 0 saturated heterocycles. The van der Waals surface area contributed by atoms with Gasteiger partial charge in [0.25, 0.3) is 5.91 Å². The van der Waals surface area contributed by atoms with E-state index in [1.165, 1.54) is 17.5 Å². The predicted molar refractivity (Wildman–Crippen MR) is 125 cm³/mol. The summed E-state index contributed by atoms with van der Waals surface area (Å²) in [5.74, 6) is 0.301. The molecule has 1 aliphatic carbocycles. The topological polar surface area (TPSA) is 111 Å². The van der Waals surface area contributed by atoms with E-state index in [1.54, 1.807) is 17.9 Å². The first-order valence-corrected chi connectivity index (χ1v) is 11.5. The number of hydrogen-bond donors (Lipinski definition) is 3. The number of carbonyl (C=O) groups excluding carboxylic acids is 2. The van der Waals surface area contributed by atoms with Gasteiger partial charge in [0.05, 0.1) is 6.10 Å². The molecule has 9 nitrogen and oxygen atoms in total. The maximum absolute atomic E-state index is 12.5. The van der Waals surface area contributed by atoms with Crippen molar-refractivity contribution in [2.24, 2.45) is 0 Å². The smallest absolute Gasteiger partial charge is 0.270 e. The quantitative estimate of drug-likeness (QED) is 0.549. The number of rotatable bonds is 8. The average Bonchev–Trinajstić information content (AvgIpc) is 2.79. The molecule has 3 N–H and O–H groups in total. The molecule has 4 rings (SSSR count). The molecule has 1 unspecified atom stereocenters. The number of benzene rings is 1. The van der Waals surface area contributed by atoms with Crippen LogP contribution in [0.3, 0.4) is 0 Å². The van der Waals surface area contributed by atoms with E-state index in [0.29, 0.717) is 12.4 Å². The molecule has 2 aromatic rings. The number of hydrogen-bond acceptors (Lipinski definition) is 7. The van der Waals surface area contributed by atoms with Crippen molar-refractivity contribution in [3.63, 3.8) is 0 Å². The SMILES string of the molecule is CC(=O)N(C)C1CC(Nc2cc(C(=O)NCC(O)CN3CCc4ccccc4C3)ncn2)C1. The van der Waals surface area contributed by atoms with Gasteiger partial charge in [0, 0.05) is 58.3 Å². The molecule has 1 aliphatic heterocycles. The number of aliphatic hydroxyl groups is 1. The lowest BCUT2D eigenvalue weighted by molar-refractivity contribution is -0.131. The van der Waals surface area contributed by atoms with Crippen LogP contribution < -0.4 is 10.6 Å². The Balaban J connectivity index is 1.22. The van der Waals surface area contributed by atoms with Crippen LogP contribution in [0.1, 0.15) is 41.4 Å². The number of aromatic nitrogens is 2.